The van der Waals surface area contributed by atoms with Gasteiger partial charge >= 0.3 is 0 Å². The lowest BCUT2D eigenvalue weighted by atomic mass is 10.1. The largest absolute Gasteiger partial charge is 0.366 e. The number of hydrogen-bond donors (Lipinski definition) is 2. The maximum atomic E-state index is 11.6. The molecule has 1 atom stereocenters. The lowest BCUT2D eigenvalue weighted by Gasteiger charge is -2.30. The van der Waals surface area contributed by atoms with Gasteiger partial charge in [-0.3, -0.25) is 4.79 Å². The minimum atomic E-state index is -0.140. The molecule has 0 radical (unpaired) electrons. The summed E-state index contributed by atoms with van der Waals surface area (Å²) in [6.45, 7) is 0.851. The first kappa shape index (κ1) is 10.2. The average molecular weight is 201 g/mol. The maximum absolute atomic E-state index is 11.6. The fourth-order valence-corrected chi connectivity index (χ4v) is 1.54. The molecule has 74 valence electrons. The summed E-state index contributed by atoms with van der Waals surface area (Å²) in [5.41, 5.74) is 0. The summed E-state index contributed by atoms with van der Waals surface area (Å²) in [4.78, 5) is 13.3. The zero-order chi connectivity index (χ0) is 9.84. The number of rotatable bonds is 1. The van der Waals surface area contributed by atoms with Crippen molar-refractivity contribution in [1.82, 2.24) is 15.5 Å². The van der Waals surface area contributed by atoms with Crippen molar-refractivity contribution in [1.29, 1.82) is 0 Å². The van der Waals surface area contributed by atoms with Crippen LogP contribution in [0.3, 0.4) is 0 Å². The van der Waals surface area contributed by atoms with Gasteiger partial charge in [-0.05, 0) is 25.1 Å². The lowest BCUT2D eigenvalue weighted by Crippen LogP contribution is -2.52. The summed E-state index contributed by atoms with van der Waals surface area (Å²) >= 11 is 4.93. The highest BCUT2D eigenvalue weighted by molar-refractivity contribution is 7.80. The molecule has 0 spiro atoms. The Hall–Kier alpha value is -0.840. The number of carbonyl (C=O) groups is 1. The van der Waals surface area contributed by atoms with Crippen molar-refractivity contribution in [2.45, 2.75) is 18.9 Å². The highest BCUT2D eigenvalue weighted by Gasteiger charge is 2.26. The van der Waals surface area contributed by atoms with Crippen LogP contribution >= 0.6 is 12.2 Å². The van der Waals surface area contributed by atoms with Crippen LogP contribution in [0.4, 0.5) is 0 Å². The number of nitrogens with zero attached hydrogens (tertiary/aromatic N) is 1. The van der Waals surface area contributed by atoms with Crippen molar-refractivity contribution < 1.29 is 4.79 Å². The van der Waals surface area contributed by atoms with E-state index in [-0.39, 0.29) is 11.9 Å². The summed E-state index contributed by atoms with van der Waals surface area (Å²) < 4.78 is 0. The molecule has 0 aromatic carbocycles. The normalized spacial score (nSPS) is 22.8. The number of likely N-dealkylation sites (N-methyl/N-ethyl adjacent to an activating group) is 1. The molecular formula is C8H15N3OS. The molecule has 1 saturated heterocycles. The predicted octanol–water partition coefficient (Wildman–Crippen LogP) is -0.299. The van der Waals surface area contributed by atoms with Gasteiger partial charge in [0.15, 0.2) is 5.11 Å². The van der Waals surface area contributed by atoms with Crippen LogP contribution in [0.1, 0.15) is 12.8 Å². The van der Waals surface area contributed by atoms with E-state index in [4.69, 9.17) is 12.2 Å². The number of hydrogen-bond acceptors (Lipinski definition) is 2. The molecule has 13 heavy (non-hydrogen) atoms. The summed E-state index contributed by atoms with van der Waals surface area (Å²) in [7, 11) is 3.56. The molecule has 1 fully saturated rings. The van der Waals surface area contributed by atoms with E-state index < -0.39 is 0 Å². The fourth-order valence-electron chi connectivity index (χ4n) is 1.40. The van der Waals surface area contributed by atoms with Gasteiger partial charge in [-0.25, -0.2) is 0 Å². The molecule has 0 saturated carbocycles. The van der Waals surface area contributed by atoms with Gasteiger partial charge in [-0.15, -0.1) is 0 Å². The topological polar surface area (TPSA) is 44.4 Å². The predicted molar refractivity (Wildman–Crippen MR) is 55.5 cm³/mol. The number of piperidine rings is 1. The third-order valence-corrected chi connectivity index (χ3v) is 2.52. The van der Waals surface area contributed by atoms with Gasteiger partial charge < -0.3 is 15.5 Å². The molecule has 0 aliphatic carbocycles. The van der Waals surface area contributed by atoms with E-state index in [0.29, 0.717) is 5.11 Å². The highest BCUT2D eigenvalue weighted by atomic mass is 32.1. The minimum absolute atomic E-state index is 0.129. The van der Waals surface area contributed by atoms with E-state index >= 15 is 0 Å². The highest BCUT2D eigenvalue weighted by Crippen LogP contribution is 2.09. The van der Waals surface area contributed by atoms with Crippen molar-refractivity contribution >= 4 is 23.2 Å². The van der Waals surface area contributed by atoms with Crippen LogP contribution in [-0.2, 0) is 4.79 Å². The molecule has 1 aliphatic heterocycles. The Balaban J connectivity index is 2.49. The van der Waals surface area contributed by atoms with E-state index in [9.17, 15) is 4.79 Å². The third-order valence-electron chi connectivity index (χ3n) is 2.19. The maximum Gasteiger partial charge on any atom is 0.244 e. The second-order valence-corrected chi connectivity index (χ2v) is 3.59. The molecule has 1 amide bonds. The quantitative estimate of drug-likeness (QED) is 0.572. The monoisotopic (exact) mass is 201 g/mol. The zero-order valence-electron chi connectivity index (χ0n) is 7.96. The number of likely N-dealkylation sites (tertiary alicyclic amines) is 1. The van der Waals surface area contributed by atoms with Gasteiger partial charge in [0.25, 0.3) is 0 Å². The van der Waals surface area contributed by atoms with Crippen LogP contribution < -0.4 is 10.6 Å². The first-order valence-electron chi connectivity index (χ1n) is 4.38. The van der Waals surface area contributed by atoms with Crippen molar-refractivity contribution in [2.75, 3.05) is 20.6 Å². The molecule has 1 heterocycles. The number of carbonyl (C=O) groups excluding carboxylic acids is 1. The molecule has 0 aromatic rings. The SMILES string of the molecule is CNC(=S)NC1CCCN(C)C1=O. The summed E-state index contributed by atoms with van der Waals surface area (Å²) in [5, 5.41) is 6.31. The van der Waals surface area contributed by atoms with Crippen LogP contribution in [-0.4, -0.2) is 42.6 Å². The standard InChI is InChI=1S/C8H15N3OS/c1-9-8(13)10-6-4-3-5-11(2)7(6)12/h6H,3-5H2,1-2H3,(H2,9,10,13). The first-order valence-corrected chi connectivity index (χ1v) is 4.79. The fraction of sp³-hybridized carbons (Fsp3) is 0.750. The smallest absolute Gasteiger partial charge is 0.244 e. The molecular weight excluding hydrogens is 186 g/mol. The van der Waals surface area contributed by atoms with Gasteiger partial charge in [0.05, 0.1) is 0 Å². The van der Waals surface area contributed by atoms with Crippen molar-refractivity contribution in [2.24, 2.45) is 0 Å². The third kappa shape index (κ3) is 2.55. The zero-order valence-corrected chi connectivity index (χ0v) is 8.78. The Labute approximate surface area is 83.7 Å². The van der Waals surface area contributed by atoms with Crippen molar-refractivity contribution in [3.63, 3.8) is 0 Å². The molecule has 4 nitrogen and oxygen atoms in total. The van der Waals surface area contributed by atoms with Gasteiger partial charge in [-0.1, -0.05) is 0 Å². The molecule has 0 bridgehead atoms. The number of nitrogens with one attached hydrogen (secondary N) is 2. The second-order valence-electron chi connectivity index (χ2n) is 3.18. The van der Waals surface area contributed by atoms with Crippen LogP contribution in [0.5, 0.6) is 0 Å². The summed E-state index contributed by atoms with van der Waals surface area (Å²) in [6, 6.07) is -0.140. The van der Waals surface area contributed by atoms with E-state index in [1.165, 1.54) is 0 Å². The van der Waals surface area contributed by atoms with E-state index in [2.05, 4.69) is 10.6 Å². The Morgan fingerprint density at radius 3 is 3.00 bits per heavy atom. The Morgan fingerprint density at radius 1 is 1.69 bits per heavy atom. The van der Waals surface area contributed by atoms with Gasteiger partial charge in [0.2, 0.25) is 5.91 Å². The van der Waals surface area contributed by atoms with Gasteiger partial charge in [0, 0.05) is 20.6 Å². The van der Waals surface area contributed by atoms with Crippen LogP contribution in [0.2, 0.25) is 0 Å². The van der Waals surface area contributed by atoms with Gasteiger partial charge in [0.1, 0.15) is 6.04 Å². The molecule has 0 aromatic heterocycles. The van der Waals surface area contributed by atoms with Crippen LogP contribution in [0.25, 0.3) is 0 Å². The molecule has 5 heteroatoms. The Kier molecular flexibility index (Phi) is 3.48. The molecule has 1 rings (SSSR count). The first-order chi connectivity index (χ1) is 6.15. The number of amides is 1. The molecule has 1 aliphatic rings. The van der Waals surface area contributed by atoms with Gasteiger partial charge in [-0.2, -0.15) is 0 Å². The van der Waals surface area contributed by atoms with Crippen LogP contribution in [0.15, 0.2) is 0 Å². The van der Waals surface area contributed by atoms with Crippen molar-refractivity contribution in [3.8, 4) is 0 Å². The average Bonchev–Trinajstić information content (AvgIpc) is 2.13. The number of thiocarbonyl (C=S) groups is 1. The summed E-state index contributed by atoms with van der Waals surface area (Å²) in [6.07, 6.45) is 1.90. The Morgan fingerprint density at radius 2 is 2.38 bits per heavy atom. The van der Waals surface area contributed by atoms with Crippen LogP contribution in [0, 0.1) is 0 Å². The second kappa shape index (κ2) is 4.41. The van der Waals surface area contributed by atoms with E-state index in [1.54, 1.807) is 11.9 Å². The molecule has 2 N–H and O–H groups in total. The van der Waals surface area contributed by atoms with E-state index in [1.807, 2.05) is 7.05 Å². The molecule has 1 unspecified atom stereocenters. The summed E-state index contributed by atoms with van der Waals surface area (Å²) in [5.74, 6) is 0.129. The van der Waals surface area contributed by atoms with Crippen molar-refractivity contribution in [3.05, 3.63) is 0 Å². The van der Waals surface area contributed by atoms with E-state index in [0.717, 1.165) is 19.4 Å². The minimum Gasteiger partial charge on any atom is -0.366 e. The lowest BCUT2D eigenvalue weighted by molar-refractivity contribution is -0.133. The Bertz CT molecular complexity index is 219.